The highest BCUT2D eigenvalue weighted by Crippen LogP contribution is 2.29. The maximum atomic E-state index is 11.4. The van der Waals surface area contributed by atoms with Crippen LogP contribution in [-0.4, -0.2) is 23.2 Å². The summed E-state index contributed by atoms with van der Waals surface area (Å²) in [6, 6.07) is 3.04. The van der Waals surface area contributed by atoms with Gasteiger partial charge >= 0.3 is 0 Å². The summed E-state index contributed by atoms with van der Waals surface area (Å²) >= 11 is 0. The monoisotopic (exact) mass is 329 g/mol. The van der Waals surface area contributed by atoms with Crippen LogP contribution in [0.25, 0.3) is 0 Å². The van der Waals surface area contributed by atoms with Gasteiger partial charge in [-0.2, -0.15) is 0 Å². The lowest BCUT2D eigenvalue weighted by atomic mass is 10.1. The van der Waals surface area contributed by atoms with Crippen molar-refractivity contribution in [2.75, 3.05) is 0 Å². The van der Waals surface area contributed by atoms with Crippen LogP contribution in [0.4, 0.5) is 0 Å². The van der Waals surface area contributed by atoms with Crippen LogP contribution < -0.4 is 4.74 Å². The van der Waals surface area contributed by atoms with Crippen LogP contribution in [0.2, 0.25) is 0 Å². The minimum Gasteiger partial charge on any atom is -0.485 e. The van der Waals surface area contributed by atoms with Crippen LogP contribution in [-0.2, 0) is 22.7 Å². The molecule has 6 nitrogen and oxygen atoms in total. The maximum absolute atomic E-state index is 11.4. The van der Waals surface area contributed by atoms with Crippen molar-refractivity contribution < 1.29 is 13.2 Å². The van der Waals surface area contributed by atoms with Gasteiger partial charge in [-0.1, -0.05) is 0 Å². The van der Waals surface area contributed by atoms with Gasteiger partial charge in [0.05, 0.1) is 4.90 Å². The SMILES string of the molecule is Cc1c(OCc2nnc(C)n2C)ccc(S(=O)(=O)Cl)c1C. The molecule has 0 aliphatic carbocycles. The van der Waals surface area contributed by atoms with Crippen molar-refractivity contribution >= 4 is 19.7 Å². The lowest BCUT2D eigenvalue weighted by Gasteiger charge is -2.12. The predicted octanol–water partition coefficient (Wildman–Crippen LogP) is 2.25. The van der Waals surface area contributed by atoms with Crippen LogP contribution in [0.5, 0.6) is 5.75 Å². The second kappa shape index (κ2) is 5.65. The number of nitrogens with zero attached hydrogens (tertiary/aromatic N) is 3. The second-order valence-corrected chi connectivity index (χ2v) is 7.30. The Morgan fingerprint density at radius 1 is 1.19 bits per heavy atom. The van der Waals surface area contributed by atoms with E-state index < -0.39 is 9.05 Å². The highest BCUT2D eigenvalue weighted by molar-refractivity contribution is 8.13. The van der Waals surface area contributed by atoms with E-state index in [-0.39, 0.29) is 11.5 Å². The van der Waals surface area contributed by atoms with Crippen LogP contribution >= 0.6 is 10.7 Å². The number of benzene rings is 1. The number of aryl methyl sites for hydroxylation is 1. The Kier molecular flexibility index (Phi) is 4.25. The zero-order valence-electron chi connectivity index (χ0n) is 12.2. The number of halogens is 1. The number of hydrogen-bond acceptors (Lipinski definition) is 5. The summed E-state index contributed by atoms with van der Waals surface area (Å²) in [5.74, 6) is 2.08. The van der Waals surface area contributed by atoms with Gasteiger partial charge in [-0.15, -0.1) is 10.2 Å². The van der Waals surface area contributed by atoms with Gasteiger partial charge in [-0.3, -0.25) is 0 Å². The summed E-state index contributed by atoms with van der Waals surface area (Å²) in [6.45, 7) is 5.60. The van der Waals surface area contributed by atoms with Crippen molar-refractivity contribution in [2.45, 2.75) is 32.3 Å². The van der Waals surface area contributed by atoms with Crippen molar-refractivity contribution in [3.63, 3.8) is 0 Å². The van der Waals surface area contributed by atoms with E-state index in [1.165, 1.54) is 6.07 Å². The van der Waals surface area contributed by atoms with Gasteiger partial charge < -0.3 is 9.30 Å². The minimum absolute atomic E-state index is 0.100. The van der Waals surface area contributed by atoms with Gasteiger partial charge in [0.25, 0.3) is 9.05 Å². The largest absolute Gasteiger partial charge is 0.485 e. The molecule has 114 valence electrons. The molecule has 0 amide bonds. The molecule has 0 bridgehead atoms. The number of rotatable bonds is 4. The van der Waals surface area contributed by atoms with Crippen LogP contribution in [0.1, 0.15) is 22.8 Å². The lowest BCUT2D eigenvalue weighted by molar-refractivity contribution is 0.288. The molecule has 2 rings (SSSR count). The quantitative estimate of drug-likeness (QED) is 0.804. The molecule has 0 atom stereocenters. The summed E-state index contributed by atoms with van der Waals surface area (Å²) in [6.07, 6.45) is 0. The van der Waals surface area contributed by atoms with Gasteiger partial charge in [0, 0.05) is 17.7 Å². The molecule has 0 N–H and O–H groups in total. The normalized spacial score (nSPS) is 11.7. The summed E-state index contributed by atoms with van der Waals surface area (Å²) in [5.41, 5.74) is 1.31. The van der Waals surface area contributed by atoms with Crippen molar-refractivity contribution in [3.05, 3.63) is 34.9 Å². The zero-order chi connectivity index (χ0) is 15.8. The summed E-state index contributed by atoms with van der Waals surface area (Å²) in [5, 5.41) is 7.96. The fourth-order valence-electron chi connectivity index (χ4n) is 1.91. The van der Waals surface area contributed by atoms with Gasteiger partial charge in [0.2, 0.25) is 0 Å². The van der Waals surface area contributed by atoms with Crippen LogP contribution in [0.15, 0.2) is 17.0 Å². The second-order valence-electron chi connectivity index (χ2n) is 4.76. The van der Waals surface area contributed by atoms with Crippen LogP contribution in [0.3, 0.4) is 0 Å². The molecule has 1 aromatic heterocycles. The molecular weight excluding hydrogens is 314 g/mol. The highest BCUT2D eigenvalue weighted by atomic mass is 35.7. The third-order valence-electron chi connectivity index (χ3n) is 3.49. The average molecular weight is 330 g/mol. The van der Waals surface area contributed by atoms with E-state index in [4.69, 9.17) is 15.4 Å². The molecular formula is C13H16ClN3O3S. The number of hydrogen-bond donors (Lipinski definition) is 0. The van der Waals surface area contributed by atoms with E-state index in [9.17, 15) is 8.42 Å². The Labute approximate surface area is 128 Å². The fraction of sp³-hybridized carbons (Fsp3) is 0.385. The smallest absolute Gasteiger partial charge is 0.261 e. The zero-order valence-corrected chi connectivity index (χ0v) is 13.8. The third kappa shape index (κ3) is 3.19. The molecule has 1 aromatic carbocycles. The van der Waals surface area contributed by atoms with E-state index in [2.05, 4.69) is 10.2 Å². The first-order valence-corrected chi connectivity index (χ1v) is 8.55. The van der Waals surface area contributed by atoms with E-state index in [1.807, 2.05) is 18.5 Å². The number of ether oxygens (including phenoxy) is 1. The van der Waals surface area contributed by atoms with E-state index in [0.29, 0.717) is 17.1 Å². The third-order valence-corrected chi connectivity index (χ3v) is 4.96. The van der Waals surface area contributed by atoms with Crippen molar-refractivity contribution in [1.29, 1.82) is 0 Å². The topological polar surface area (TPSA) is 74.1 Å². The van der Waals surface area contributed by atoms with Gasteiger partial charge in [-0.05, 0) is 44.0 Å². The minimum atomic E-state index is -3.75. The molecule has 0 radical (unpaired) electrons. The molecule has 0 saturated carbocycles. The molecule has 1 heterocycles. The molecule has 0 saturated heterocycles. The number of aromatic nitrogens is 3. The molecule has 21 heavy (non-hydrogen) atoms. The van der Waals surface area contributed by atoms with Gasteiger partial charge in [0.1, 0.15) is 18.2 Å². The molecule has 2 aromatic rings. The first-order valence-electron chi connectivity index (χ1n) is 6.24. The Bertz CT molecular complexity index is 784. The summed E-state index contributed by atoms with van der Waals surface area (Å²) < 4.78 is 30.4. The molecule has 0 aliphatic heterocycles. The Morgan fingerprint density at radius 3 is 2.38 bits per heavy atom. The van der Waals surface area contributed by atoms with Crippen molar-refractivity contribution in [3.8, 4) is 5.75 Å². The summed E-state index contributed by atoms with van der Waals surface area (Å²) in [7, 11) is 3.50. The standard InChI is InChI=1S/C13H16ClN3O3S/c1-8-9(2)12(21(14,18)19)6-5-11(8)20-7-13-16-15-10(3)17(13)4/h5-6H,7H2,1-4H3. The summed E-state index contributed by atoms with van der Waals surface area (Å²) in [4.78, 5) is 0.100. The fourth-order valence-corrected chi connectivity index (χ4v) is 3.16. The molecule has 8 heteroatoms. The first-order chi connectivity index (χ1) is 9.71. The first kappa shape index (κ1) is 15.8. The average Bonchev–Trinajstić information content (AvgIpc) is 2.70. The Hall–Kier alpha value is -1.60. The molecule has 0 unspecified atom stereocenters. The van der Waals surface area contributed by atoms with Crippen molar-refractivity contribution in [2.24, 2.45) is 7.05 Å². The Balaban J connectivity index is 2.26. The molecule has 0 spiro atoms. The van der Waals surface area contributed by atoms with Gasteiger partial charge in [-0.25, -0.2) is 8.42 Å². The van der Waals surface area contributed by atoms with E-state index >= 15 is 0 Å². The van der Waals surface area contributed by atoms with Crippen molar-refractivity contribution in [1.82, 2.24) is 14.8 Å². The Morgan fingerprint density at radius 2 is 1.86 bits per heavy atom. The lowest BCUT2D eigenvalue weighted by Crippen LogP contribution is -2.06. The molecule has 0 fully saturated rings. The highest BCUT2D eigenvalue weighted by Gasteiger charge is 2.17. The van der Waals surface area contributed by atoms with E-state index in [1.54, 1.807) is 19.9 Å². The molecule has 0 aliphatic rings. The van der Waals surface area contributed by atoms with E-state index in [0.717, 1.165) is 11.4 Å². The predicted molar refractivity (Wildman–Crippen MR) is 79.0 cm³/mol. The maximum Gasteiger partial charge on any atom is 0.261 e. The van der Waals surface area contributed by atoms with Gasteiger partial charge in [0.15, 0.2) is 5.82 Å². The van der Waals surface area contributed by atoms with Crippen LogP contribution in [0, 0.1) is 20.8 Å².